The van der Waals surface area contributed by atoms with Gasteiger partial charge in [0.05, 0.1) is 20.8 Å². The fraction of sp³-hybridized carbons (Fsp3) is 0.462. The molecule has 118 valence electrons. The minimum Gasteiger partial charge on any atom is -0.496 e. The monoisotopic (exact) mass is 336 g/mol. The molecule has 0 aromatic heterocycles. The number of rotatable bonds is 7. The van der Waals surface area contributed by atoms with Gasteiger partial charge in [0.25, 0.3) is 9.05 Å². The van der Waals surface area contributed by atoms with Crippen molar-refractivity contribution in [3.63, 3.8) is 0 Å². The maximum absolute atomic E-state index is 12.1. The summed E-state index contributed by atoms with van der Waals surface area (Å²) in [5, 5.41) is 0. The van der Waals surface area contributed by atoms with Crippen LogP contribution in [0.4, 0.5) is 0 Å². The van der Waals surface area contributed by atoms with E-state index in [0.29, 0.717) is 6.42 Å². The molecule has 1 aromatic rings. The van der Waals surface area contributed by atoms with Gasteiger partial charge in [-0.1, -0.05) is 13.3 Å². The van der Waals surface area contributed by atoms with Crippen molar-refractivity contribution in [3.8, 4) is 11.5 Å². The van der Waals surface area contributed by atoms with E-state index in [1.54, 1.807) is 0 Å². The fourth-order valence-corrected chi connectivity index (χ4v) is 2.69. The Balaban J connectivity index is 3.35. The van der Waals surface area contributed by atoms with Gasteiger partial charge in [0.1, 0.15) is 16.2 Å². The molecule has 0 N–H and O–H groups in total. The average Bonchev–Trinajstić information content (AvgIpc) is 2.44. The van der Waals surface area contributed by atoms with Crippen molar-refractivity contribution in [1.82, 2.24) is 0 Å². The van der Waals surface area contributed by atoms with Crippen LogP contribution in [-0.2, 0) is 13.8 Å². The third-order valence-electron chi connectivity index (χ3n) is 2.71. The van der Waals surface area contributed by atoms with E-state index in [4.69, 9.17) is 24.9 Å². The molecule has 0 saturated heterocycles. The molecular formula is C13H17ClO6S. The van der Waals surface area contributed by atoms with Crippen LogP contribution < -0.4 is 9.47 Å². The second-order valence-corrected chi connectivity index (χ2v) is 6.64. The third-order valence-corrected chi connectivity index (χ3v) is 4.05. The first-order valence-corrected chi connectivity index (χ1v) is 8.54. The van der Waals surface area contributed by atoms with E-state index in [9.17, 15) is 13.2 Å². The number of unbranched alkanes of at least 4 members (excludes halogenated alkanes) is 1. The molecule has 0 unspecified atom stereocenters. The van der Waals surface area contributed by atoms with Gasteiger partial charge in [-0.05, 0) is 18.6 Å². The first kappa shape index (κ1) is 17.6. The van der Waals surface area contributed by atoms with Crippen molar-refractivity contribution in [1.29, 1.82) is 0 Å². The lowest BCUT2D eigenvalue weighted by atomic mass is 10.1. The summed E-state index contributed by atoms with van der Waals surface area (Å²) in [6.07, 6.45) is 1.56. The number of hydrogen-bond acceptors (Lipinski definition) is 6. The van der Waals surface area contributed by atoms with E-state index < -0.39 is 15.0 Å². The lowest BCUT2D eigenvalue weighted by Crippen LogP contribution is -2.12. The zero-order valence-corrected chi connectivity index (χ0v) is 13.6. The van der Waals surface area contributed by atoms with Crippen LogP contribution in [0.5, 0.6) is 11.5 Å². The predicted molar refractivity (Wildman–Crippen MR) is 77.8 cm³/mol. The molecule has 0 aliphatic carbocycles. The Kier molecular flexibility index (Phi) is 6.29. The van der Waals surface area contributed by atoms with Gasteiger partial charge in [0.2, 0.25) is 0 Å². The Morgan fingerprint density at radius 1 is 1.24 bits per heavy atom. The van der Waals surface area contributed by atoms with Crippen molar-refractivity contribution in [2.75, 3.05) is 20.8 Å². The Morgan fingerprint density at radius 2 is 1.90 bits per heavy atom. The molecule has 0 bridgehead atoms. The quantitative estimate of drug-likeness (QED) is 0.432. The van der Waals surface area contributed by atoms with E-state index in [0.717, 1.165) is 6.42 Å². The molecule has 1 aromatic carbocycles. The van der Waals surface area contributed by atoms with Gasteiger partial charge in [-0.15, -0.1) is 0 Å². The Labute approximate surface area is 128 Å². The Bertz CT molecular complexity index is 611. The largest absolute Gasteiger partial charge is 0.496 e. The topological polar surface area (TPSA) is 78.9 Å². The van der Waals surface area contributed by atoms with Crippen LogP contribution in [0.1, 0.15) is 30.1 Å². The van der Waals surface area contributed by atoms with Crippen molar-refractivity contribution >= 4 is 25.7 Å². The molecule has 0 saturated carbocycles. The summed E-state index contributed by atoms with van der Waals surface area (Å²) >= 11 is 0. The summed E-state index contributed by atoms with van der Waals surface area (Å²) in [5.41, 5.74) is -0.0992. The summed E-state index contributed by atoms with van der Waals surface area (Å²) in [4.78, 5) is 11.8. The van der Waals surface area contributed by atoms with Crippen molar-refractivity contribution in [3.05, 3.63) is 17.7 Å². The molecule has 0 heterocycles. The molecule has 0 fully saturated rings. The van der Waals surface area contributed by atoms with E-state index in [1.165, 1.54) is 26.4 Å². The molecule has 1 rings (SSSR count). The molecule has 0 aliphatic heterocycles. The maximum Gasteiger partial charge on any atom is 0.345 e. The van der Waals surface area contributed by atoms with Crippen LogP contribution in [0.2, 0.25) is 0 Å². The first-order chi connectivity index (χ1) is 9.86. The van der Waals surface area contributed by atoms with Gasteiger partial charge < -0.3 is 14.2 Å². The summed E-state index contributed by atoms with van der Waals surface area (Å²) < 4.78 is 38.3. The molecule has 0 radical (unpaired) electrons. The van der Waals surface area contributed by atoms with E-state index >= 15 is 0 Å². The van der Waals surface area contributed by atoms with Crippen LogP contribution in [0.3, 0.4) is 0 Å². The highest BCUT2D eigenvalue weighted by Gasteiger charge is 2.27. The summed E-state index contributed by atoms with van der Waals surface area (Å²) in [6.45, 7) is 2.18. The molecule has 0 amide bonds. The molecule has 0 aliphatic rings. The molecule has 6 nitrogen and oxygen atoms in total. The van der Waals surface area contributed by atoms with Gasteiger partial charge in [0.15, 0.2) is 5.75 Å². The lowest BCUT2D eigenvalue weighted by Gasteiger charge is -2.14. The van der Waals surface area contributed by atoms with Crippen LogP contribution in [0, 0.1) is 0 Å². The van der Waals surface area contributed by atoms with E-state index in [-0.39, 0.29) is 28.6 Å². The van der Waals surface area contributed by atoms with Crippen LogP contribution >= 0.6 is 10.7 Å². The number of hydrogen-bond donors (Lipinski definition) is 0. The van der Waals surface area contributed by atoms with Crippen LogP contribution in [-0.4, -0.2) is 35.2 Å². The highest BCUT2D eigenvalue weighted by molar-refractivity contribution is 8.13. The number of methoxy groups -OCH3 is 2. The summed E-state index contributed by atoms with van der Waals surface area (Å²) in [6, 6.07) is 2.54. The van der Waals surface area contributed by atoms with E-state index in [2.05, 4.69) is 0 Å². The number of esters is 1. The van der Waals surface area contributed by atoms with Gasteiger partial charge in [-0.25, -0.2) is 13.2 Å². The van der Waals surface area contributed by atoms with Crippen molar-refractivity contribution in [2.24, 2.45) is 0 Å². The Morgan fingerprint density at radius 3 is 2.38 bits per heavy atom. The molecule has 8 heteroatoms. The van der Waals surface area contributed by atoms with Crippen molar-refractivity contribution < 1.29 is 27.4 Å². The number of ether oxygens (including phenoxy) is 3. The van der Waals surface area contributed by atoms with Gasteiger partial charge in [0, 0.05) is 10.7 Å². The molecular weight excluding hydrogens is 320 g/mol. The summed E-state index contributed by atoms with van der Waals surface area (Å²) in [7, 11) is 3.87. The number of benzene rings is 1. The molecule has 21 heavy (non-hydrogen) atoms. The molecule has 0 spiro atoms. The number of carbonyl (C=O) groups excluding carboxylic acids is 1. The maximum atomic E-state index is 12.1. The zero-order valence-electron chi connectivity index (χ0n) is 12.0. The average molecular weight is 337 g/mol. The lowest BCUT2D eigenvalue weighted by molar-refractivity contribution is 0.0491. The summed E-state index contributed by atoms with van der Waals surface area (Å²) in [5.74, 6) is -0.761. The number of halogens is 1. The van der Waals surface area contributed by atoms with Crippen molar-refractivity contribution in [2.45, 2.75) is 24.7 Å². The predicted octanol–water partition coefficient (Wildman–Crippen LogP) is 2.59. The third kappa shape index (κ3) is 4.25. The normalized spacial score (nSPS) is 11.0. The number of carbonyl (C=O) groups is 1. The first-order valence-electron chi connectivity index (χ1n) is 6.23. The SMILES string of the molecule is CCCCOC(=O)c1c(OC)ccc(S(=O)(=O)Cl)c1OC. The minimum atomic E-state index is -4.07. The van der Waals surface area contributed by atoms with Crippen LogP contribution in [0.25, 0.3) is 0 Å². The second-order valence-electron chi connectivity index (χ2n) is 4.10. The minimum absolute atomic E-state index is 0.0992. The van der Waals surface area contributed by atoms with E-state index in [1.807, 2.05) is 6.92 Å². The van der Waals surface area contributed by atoms with Crippen LogP contribution in [0.15, 0.2) is 17.0 Å². The highest BCUT2D eigenvalue weighted by Crippen LogP contribution is 2.36. The van der Waals surface area contributed by atoms with Gasteiger partial charge in [-0.3, -0.25) is 0 Å². The Hall–Kier alpha value is -1.47. The van der Waals surface area contributed by atoms with Gasteiger partial charge in [-0.2, -0.15) is 0 Å². The standard InChI is InChI=1S/C13H17ClO6S/c1-4-5-8-20-13(15)11-9(18-2)6-7-10(12(11)19-3)21(14,16)17/h6-7H,4-5,8H2,1-3H3. The second kappa shape index (κ2) is 7.51. The smallest absolute Gasteiger partial charge is 0.345 e. The van der Waals surface area contributed by atoms with Gasteiger partial charge >= 0.3 is 5.97 Å². The fourth-order valence-electron chi connectivity index (χ4n) is 1.68. The molecule has 0 atom stereocenters. The highest BCUT2D eigenvalue weighted by atomic mass is 35.7. The zero-order chi connectivity index (χ0) is 16.0.